The van der Waals surface area contributed by atoms with Crippen molar-refractivity contribution in [2.45, 2.75) is 19.3 Å². The smallest absolute Gasteiger partial charge is 0.534 e. The van der Waals surface area contributed by atoms with Gasteiger partial charge in [0.1, 0.15) is 5.75 Å². The molecule has 6 nitrogen and oxygen atoms in total. The molecule has 3 N–H and O–H groups in total. The Morgan fingerprint density at radius 3 is 2.58 bits per heavy atom. The van der Waals surface area contributed by atoms with Crippen molar-refractivity contribution in [3.63, 3.8) is 0 Å². The van der Waals surface area contributed by atoms with Gasteiger partial charge in [0.2, 0.25) is 0 Å². The fourth-order valence-electron chi connectivity index (χ4n) is 2.67. The van der Waals surface area contributed by atoms with Crippen LogP contribution in [0.15, 0.2) is 42.5 Å². The summed E-state index contributed by atoms with van der Waals surface area (Å²) >= 11 is 0. The van der Waals surface area contributed by atoms with Gasteiger partial charge < -0.3 is 20.1 Å². The van der Waals surface area contributed by atoms with Crippen molar-refractivity contribution in [2.75, 3.05) is 0 Å². The van der Waals surface area contributed by atoms with Gasteiger partial charge in [-0.3, -0.25) is 4.79 Å². The SMILES string of the molecule is Cc1ccc(C(=O)NC2Cc3cccc(C(=O)O)c3OB2O)cc1. The number of fused-ring (bicyclic) bond motifs is 1. The van der Waals surface area contributed by atoms with Crippen molar-refractivity contribution in [2.24, 2.45) is 0 Å². The Morgan fingerprint density at radius 2 is 1.92 bits per heavy atom. The van der Waals surface area contributed by atoms with Crippen molar-refractivity contribution in [1.29, 1.82) is 0 Å². The number of carbonyl (C=O) groups excluding carboxylic acids is 1. The highest BCUT2D eigenvalue weighted by atomic mass is 16.5. The Balaban J connectivity index is 1.79. The predicted octanol–water partition coefficient (Wildman–Crippen LogP) is 1.45. The summed E-state index contributed by atoms with van der Waals surface area (Å²) in [6.07, 6.45) is 0.287. The lowest BCUT2D eigenvalue weighted by molar-refractivity contribution is 0.0693. The number of para-hydroxylation sites is 1. The average molecular weight is 325 g/mol. The molecule has 3 rings (SSSR count). The van der Waals surface area contributed by atoms with Crippen molar-refractivity contribution >= 4 is 19.0 Å². The molecular formula is C17H16BNO5. The predicted molar refractivity (Wildman–Crippen MR) is 88.1 cm³/mol. The Kier molecular flexibility index (Phi) is 4.27. The third-order valence-electron chi connectivity index (χ3n) is 3.98. The molecule has 0 radical (unpaired) electrons. The number of nitrogens with one attached hydrogen (secondary N) is 1. The number of carboxylic acid groups (broad SMARTS) is 1. The first-order valence-electron chi connectivity index (χ1n) is 7.53. The van der Waals surface area contributed by atoms with Crippen molar-refractivity contribution in [1.82, 2.24) is 5.32 Å². The van der Waals surface area contributed by atoms with E-state index < -0.39 is 19.0 Å². The van der Waals surface area contributed by atoms with Crippen LogP contribution < -0.4 is 9.97 Å². The standard InChI is InChI=1S/C17H16BNO5/c1-10-5-7-11(8-6-10)16(20)19-14-9-12-3-2-4-13(17(21)22)15(12)24-18(14)23/h2-8,14,23H,9H2,1H3,(H,19,20)(H,21,22). The van der Waals surface area contributed by atoms with Crippen molar-refractivity contribution in [3.8, 4) is 5.75 Å². The van der Waals surface area contributed by atoms with Crippen LogP contribution in [-0.4, -0.2) is 35.1 Å². The second-order valence-corrected chi connectivity index (χ2v) is 5.76. The van der Waals surface area contributed by atoms with Crippen molar-refractivity contribution in [3.05, 3.63) is 64.7 Å². The minimum absolute atomic E-state index is 0.00476. The molecule has 1 heterocycles. The lowest BCUT2D eigenvalue weighted by Crippen LogP contribution is -2.53. The quantitative estimate of drug-likeness (QED) is 0.742. The Hall–Kier alpha value is -2.80. The van der Waals surface area contributed by atoms with E-state index in [9.17, 15) is 19.7 Å². The van der Waals surface area contributed by atoms with E-state index in [4.69, 9.17) is 4.65 Å². The summed E-state index contributed by atoms with van der Waals surface area (Å²) < 4.78 is 5.35. The molecule has 0 aliphatic carbocycles. The topological polar surface area (TPSA) is 95.9 Å². The monoisotopic (exact) mass is 325 g/mol. The fraction of sp³-hybridized carbons (Fsp3) is 0.176. The maximum atomic E-state index is 12.3. The van der Waals surface area contributed by atoms with Crippen LogP contribution in [0.4, 0.5) is 0 Å². The highest BCUT2D eigenvalue weighted by Crippen LogP contribution is 2.30. The van der Waals surface area contributed by atoms with Gasteiger partial charge in [-0.1, -0.05) is 29.8 Å². The van der Waals surface area contributed by atoms with E-state index in [2.05, 4.69) is 5.32 Å². The average Bonchev–Trinajstić information content (AvgIpc) is 2.55. The van der Waals surface area contributed by atoms with Crippen LogP contribution in [0.3, 0.4) is 0 Å². The number of hydrogen-bond donors (Lipinski definition) is 3. The minimum atomic E-state index is -1.31. The zero-order valence-electron chi connectivity index (χ0n) is 13.0. The van der Waals surface area contributed by atoms with Gasteiger partial charge in [-0.15, -0.1) is 0 Å². The first-order chi connectivity index (χ1) is 11.5. The molecule has 1 atom stereocenters. The zero-order valence-corrected chi connectivity index (χ0v) is 13.0. The number of aryl methyl sites for hydroxylation is 1. The summed E-state index contributed by atoms with van der Waals surface area (Å²) in [6.45, 7) is 1.93. The summed E-state index contributed by atoms with van der Waals surface area (Å²) in [5.74, 6) is -1.95. The second-order valence-electron chi connectivity index (χ2n) is 5.76. The molecule has 1 aliphatic rings. The summed E-state index contributed by atoms with van der Waals surface area (Å²) in [7, 11) is -1.31. The third-order valence-corrected chi connectivity index (χ3v) is 3.98. The molecule has 0 saturated carbocycles. The first kappa shape index (κ1) is 16.1. The third kappa shape index (κ3) is 3.11. The van der Waals surface area contributed by atoms with Crippen LogP contribution >= 0.6 is 0 Å². The lowest BCUT2D eigenvalue weighted by atomic mass is 9.72. The van der Waals surface area contributed by atoms with E-state index in [1.54, 1.807) is 24.3 Å². The lowest BCUT2D eigenvalue weighted by Gasteiger charge is -2.28. The number of amides is 1. The Bertz CT molecular complexity index is 790. The number of rotatable bonds is 3. The molecule has 0 aromatic heterocycles. The molecule has 7 heteroatoms. The molecule has 2 aromatic rings. The van der Waals surface area contributed by atoms with E-state index >= 15 is 0 Å². The molecule has 122 valence electrons. The Morgan fingerprint density at radius 1 is 1.21 bits per heavy atom. The van der Waals surface area contributed by atoms with Gasteiger partial charge >= 0.3 is 13.1 Å². The van der Waals surface area contributed by atoms with E-state index in [1.165, 1.54) is 6.07 Å². The second kappa shape index (κ2) is 6.37. The van der Waals surface area contributed by atoms with Gasteiger partial charge in [0.05, 0.1) is 11.5 Å². The molecule has 1 unspecified atom stereocenters. The van der Waals surface area contributed by atoms with Gasteiger partial charge in [0.25, 0.3) is 5.91 Å². The molecule has 0 fully saturated rings. The van der Waals surface area contributed by atoms with E-state index in [0.717, 1.165) is 5.56 Å². The maximum Gasteiger partial charge on any atom is 0.547 e. The van der Waals surface area contributed by atoms with Gasteiger partial charge in [0, 0.05) is 5.56 Å². The fourth-order valence-corrected chi connectivity index (χ4v) is 2.67. The van der Waals surface area contributed by atoms with Crippen molar-refractivity contribution < 1.29 is 24.4 Å². The maximum absolute atomic E-state index is 12.3. The zero-order chi connectivity index (χ0) is 17.3. The largest absolute Gasteiger partial charge is 0.547 e. The molecule has 0 spiro atoms. The van der Waals surface area contributed by atoms with Crippen LogP contribution in [0.5, 0.6) is 5.75 Å². The van der Waals surface area contributed by atoms with Gasteiger partial charge in [-0.05, 0) is 37.1 Å². The van der Waals surface area contributed by atoms with Gasteiger partial charge in [-0.2, -0.15) is 0 Å². The molecule has 1 amide bonds. The number of carboxylic acids is 1. The van der Waals surface area contributed by atoms with Crippen LogP contribution in [-0.2, 0) is 6.42 Å². The van der Waals surface area contributed by atoms with Crippen LogP contribution in [0, 0.1) is 6.92 Å². The van der Waals surface area contributed by atoms with Crippen LogP contribution in [0.2, 0.25) is 0 Å². The normalized spacial score (nSPS) is 16.1. The van der Waals surface area contributed by atoms with E-state index in [-0.39, 0.29) is 23.6 Å². The number of carbonyl (C=O) groups is 2. The highest BCUT2D eigenvalue weighted by molar-refractivity contribution is 6.47. The molecule has 0 bridgehead atoms. The van der Waals surface area contributed by atoms with E-state index in [1.807, 2.05) is 19.1 Å². The van der Waals surface area contributed by atoms with Crippen LogP contribution in [0.1, 0.15) is 31.8 Å². The molecule has 24 heavy (non-hydrogen) atoms. The number of aromatic carboxylic acids is 1. The molecule has 0 saturated heterocycles. The molecule has 2 aromatic carbocycles. The van der Waals surface area contributed by atoms with Gasteiger partial charge in [-0.25, -0.2) is 4.79 Å². The number of hydrogen-bond acceptors (Lipinski definition) is 4. The van der Waals surface area contributed by atoms with E-state index in [0.29, 0.717) is 11.1 Å². The van der Waals surface area contributed by atoms with Gasteiger partial charge in [0.15, 0.2) is 0 Å². The highest BCUT2D eigenvalue weighted by Gasteiger charge is 2.37. The first-order valence-corrected chi connectivity index (χ1v) is 7.53. The molecular weight excluding hydrogens is 309 g/mol. The summed E-state index contributed by atoms with van der Waals surface area (Å²) in [5, 5.41) is 22.0. The number of benzene rings is 2. The summed E-state index contributed by atoms with van der Waals surface area (Å²) in [6, 6.07) is 11.8. The summed E-state index contributed by atoms with van der Waals surface area (Å²) in [5.41, 5.74) is 2.16. The molecule has 1 aliphatic heterocycles. The van der Waals surface area contributed by atoms with Crippen LogP contribution in [0.25, 0.3) is 0 Å². The Labute approximate surface area is 139 Å². The summed E-state index contributed by atoms with van der Waals surface area (Å²) in [4.78, 5) is 23.5. The minimum Gasteiger partial charge on any atom is -0.534 e.